The lowest BCUT2D eigenvalue weighted by Gasteiger charge is -2.45. The Morgan fingerprint density at radius 2 is 1.73 bits per heavy atom. The predicted molar refractivity (Wildman–Crippen MR) is 164 cm³/mol. The molecule has 2 aliphatic heterocycles. The molecule has 3 aliphatic rings. The summed E-state index contributed by atoms with van der Waals surface area (Å²) in [4.78, 5) is 40.2. The van der Waals surface area contributed by atoms with Gasteiger partial charge in [-0.05, 0) is 23.1 Å². The van der Waals surface area contributed by atoms with Crippen LogP contribution in [-0.2, 0) is 24.5 Å². The zero-order valence-corrected chi connectivity index (χ0v) is 26.0. The van der Waals surface area contributed by atoms with Crippen LogP contribution in [0.4, 0.5) is 0 Å². The van der Waals surface area contributed by atoms with Crippen LogP contribution >= 0.6 is 34.4 Å². The standard InChI is InChI=1S/C31H34INO6S/c1-30(2,3)20-8-10-21(11-9-20)37-18-22(38-25(34)16-32)17-33-14-12-31(13-15-33)19-40-29-27(36)26(35)23-6-4-5-7-24(23)28(29)39-31/h4-11,22H,12-19H2,1-3H3/t22-/m0/s1. The van der Waals surface area contributed by atoms with Gasteiger partial charge in [0.15, 0.2) is 0 Å². The van der Waals surface area contributed by atoms with Crippen LogP contribution in [0.3, 0.4) is 0 Å². The van der Waals surface area contributed by atoms with Crippen molar-refractivity contribution in [3.05, 3.63) is 70.1 Å². The van der Waals surface area contributed by atoms with Crippen LogP contribution in [-0.4, -0.2) is 70.6 Å². The number of piperidine rings is 1. The molecule has 2 aromatic carbocycles. The average Bonchev–Trinajstić information content (AvgIpc) is 2.95. The van der Waals surface area contributed by atoms with E-state index in [0.29, 0.717) is 34.1 Å². The largest absolute Gasteiger partial charge is 0.490 e. The second-order valence-corrected chi connectivity index (χ2v) is 13.3. The Labute approximate surface area is 253 Å². The number of hydrogen-bond acceptors (Lipinski definition) is 8. The van der Waals surface area contributed by atoms with E-state index < -0.39 is 23.3 Å². The summed E-state index contributed by atoms with van der Waals surface area (Å²) in [7, 11) is 0. The number of nitrogens with zero attached hydrogens (tertiary/aromatic N) is 1. The number of carbonyl (C=O) groups is 3. The van der Waals surface area contributed by atoms with Crippen molar-refractivity contribution >= 4 is 57.6 Å². The molecule has 1 fully saturated rings. The van der Waals surface area contributed by atoms with Crippen molar-refractivity contribution in [3.8, 4) is 5.75 Å². The summed E-state index contributed by atoms with van der Waals surface area (Å²) in [6, 6.07) is 15.2. The van der Waals surface area contributed by atoms with E-state index in [1.807, 2.05) is 46.9 Å². The van der Waals surface area contributed by atoms with E-state index in [4.69, 9.17) is 14.2 Å². The molecule has 0 aromatic heterocycles. The van der Waals surface area contributed by atoms with E-state index in [2.05, 4.69) is 37.8 Å². The first kappa shape index (κ1) is 29.1. The molecule has 2 heterocycles. The molecule has 2 aromatic rings. The first-order valence-electron chi connectivity index (χ1n) is 13.5. The van der Waals surface area contributed by atoms with Crippen molar-refractivity contribution in [1.82, 2.24) is 4.90 Å². The molecule has 0 saturated carbocycles. The third-order valence-electron chi connectivity index (χ3n) is 7.63. The number of alkyl halides is 1. The van der Waals surface area contributed by atoms with Gasteiger partial charge in [-0.1, -0.05) is 79.8 Å². The Kier molecular flexibility index (Phi) is 8.63. The molecule has 1 atom stereocenters. The highest BCUT2D eigenvalue weighted by molar-refractivity contribution is 14.1. The number of carbonyl (C=O) groups excluding carboxylic acids is 3. The molecule has 5 rings (SSSR count). The number of likely N-dealkylation sites (tertiary alicyclic amines) is 1. The number of ketones is 2. The normalized spacial score (nSPS) is 19.5. The third-order valence-corrected chi connectivity index (χ3v) is 9.58. The summed E-state index contributed by atoms with van der Waals surface area (Å²) in [5.74, 6) is 0.729. The highest BCUT2D eigenvalue weighted by atomic mass is 127. The maximum atomic E-state index is 12.7. The van der Waals surface area contributed by atoms with Crippen molar-refractivity contribution in [2.24, 2.45) is 0 Å². The monoisotopic (exact) mass is 675 g/mol. The summed E-state index contributed by atoms with van der Waals surface area (Å²) in [5.41, 5.74) is 2.00. The number of ether oxygens (including phenoxy) is 3. The number of allylic oxidation sites excluding steroid dienone is 1. The Morgan fingerprint density at radius 3 is 2.38 bits per heavy atom. The van der Waals surface area contributed by atoms with Crippen LogP contribution in [0.2, 0.25) is 0 Å². The summed E-state index contributed by atoms with van der Waals surface area (Å²) in [5, 5.41) is 0. The number of rotatable bonds is 7. The van der Waals surface area contributed by atoms with E-state index in [-0.39, 0.29) is 22.4 Å². The topological polar surface area (TPSA) is 82.1 Å². The van der Waals surface area contributed by atoms with Crippen LogP contribution in [0, 0.1) is 0 Å². The lowest BCUT2D eigenvalue weighted by Crippen LogP contribution is -2.51. The van der Waals surface area contributed by atoms with Crippen molar-refractivity contribution in [2.75, 3.05) is 36.4 Å². The third kappa shape index (κ3) is 6.26. The zero-order valence-electron chi connectivity index (χ0n) is 23.0. The number of Topliss-reactive ketones (excluding diaryl/α,β-unsaturated/α-hetero) is 2. The van der Waals surface area contributed by atoms with Crippen molar-refractivity contribution in [3.63, 3.8) is 0 Å². The molecule has 0 radical (unpaired) electrons. The molecule has 1 saturated heterocycles. The van der Waals surface area contributed by atoms with Gasteiger partial charge in [0.05, 0.1) is 4.43 Å². The molecule has 0 N–H and O–H groups in total. The van der Waals surface area contributed by atoms with Gasteiger partial charge >= 0.3 is 5.97 Å². The van der Waals surface area contributed by atoms with Crippen LogP contribution in [0.15, 0.2) is 53.4 Å². The van der Waals surface area contributed by atoms with Crippen molar-refractivity contribution < 1.29 is 28.6 Å². The van der Waals surface area contributed by atoms with Crippen molar-refractivity contribution in [1.29, 1.82) is 0 Å². The highest BCUT2D eigenvalue weighted by Gasteiger charge is 2.46. The second-order valence-electron chi connectivity index (χ2n) is 11.6. The van der Waals surface area contributed by atoms with Gasteiger partial charge in [-0.15, -0.1) is 11.8 Å². The molecule has 0 amide bonds. The predicted octanol–water partition coefficient (Wildman–Crippen LogP) is 5.44. The van der Waals surface area contributed by atoms with Gasteiger partial charge in [0.25, 0.3) is 0 Å². The van der Waals surface area contributed by atoms with Gasteiger partial charge in [-0.3, -0.25) is 19.3 Å². The van der Waals surface area contributed by atoms with Crippen LogP contribution < -0.4 is 4.74 Å². The maximum absolute atomic E-state index is 12.7. The Morgan fingerprint density at radius 1 is 1.05 bits per heavy atom. The van der Waals surface area contributed by atoms with Gasteiger partial charge in [-0.25, -0.2) is 0 Å². The fourth-order valence-corrected chi connectivity index (χ4v) is 6.71. The molecule has 40 heavy (non-hydrogen) atoms. The summed E-state index contributed by atoms with van der Waals surface area (Å²) < 4.78 is 18.7. The summed E-state index contributed by atoms with van der Waals surface area (Å²) in [6.45, 7) is 8.88. The Hall–Kier alpha value is -2.37. The molecule has 1 spiro atoms. The summed E-state index contributed by atoms with van der Waals surface area (Å²) in [6.07, 6.45) is 1.13. The zero-order chi connectivity index (χ0) is 28.5. The number of hydrogen-bond donors (Lipinski definition) is 0. The van der Waals surface area contributed by atoms with E-state index in [1.165, 1.54) is 17.3 Å². The van der Waals surface area contributed by atoms with E-state index >= 15 is 0 Å². The first-order chi connectivity index (χ1) is 19.1. The van der Waals surface area contributed by atoms with Crippen molar-refractivity contribution in [2.45, 2.75) is 50.7 Å². The maximum Gasteiger partial charge on any atom is 0.316 e. The molecule has 212 valence electrons. The summed E-state index contributed by atoms with van der Waals surface area (Å²) >= 11 is 3.45. The smallest absolute Gasteiger partial charge is 0.316 e. The van der Waals surface area contributed by atoms with Gasteiger partial charge in [0.2, 0.25) is 11.6 Å². The Bertz CT molecular complexity index is 1320. The van der Waals surface area contributed by atoms with Crippen LogP contribution in [0.5, 0.6) is 5.75 Å². The van der Waals surface area contributed by atoms with E-state index in [0.717, 1.165) is 31.7 Å². The molecule has 7 nitrogen and oxygen atoms in total. The highest BCUT2D eigenvalue weighted by Crippen LogP contribution is 2.47. The van der Waals surface area contributed by atoms with Gasteiger partial charge < -0.3 is 14.2 Å². The molecular formula is C31H34INO6S. The lowest BCUT2D eigenvalue weighted by atomic mass is 9.87. The van der Waals surface area contributed by atoms with Gasteiger partial charge in [0, 0.05) is 49.4 Å². The number of halogens is 1. The second kappa shape index (κ2) is 11.9. The minimum absolute atomic E-state index is 0.0640. The molecule has 9 heteroatoms. The molecule has 1 aliphatic carbocycles. The fourth-order valence-electron chi connectivity index (χ4n) is 5.27. The lowest BCUT2D eigenvalue weighted by molar-refractivity contribution is -0.148. The van der Waals surface area contributed by atoms with Crippen LogP contribution in [0.25, 0.3) is 5.76 Å². The number of fused-ring (bicyclic) bond motifs is 2. The molecular weight excluding hydrogens is 641 g/mol. The average molecular weight is 676 g/mol. The SMILES string of the molecule is CC(C)(C)c1ccc(OC[C@H](CN2CCC3(CC2)CSC2=C(O3)c3ccccc3C(=O)C2=O)OC(=O)CI)cc1. The molecule has 0 bridgehead atoms. The van der Waals surface area contributed by atoms with Crippen LogP contribution in [0.1, 0.15) is 55.1 Å². The minimum atomic E-state index is -0.473. The number of thioether (sulfide) groups is 1. The number of esters is 1. The number of benzene rings is 2. The van der Waals surface area contributed by atoms with Gasteiger partial charge in [-0.2, -0.15) is 0 Å². The van der Waals surface area contributed by atoms with E-state index in [9.17, 15) is 14.4 Å². The first-order valence-corrected chi connectivity index (χ1v) is 16.1. The quantitative estimate of drug-likeness (QED) is 0.166. The van der Waals surface area contributed by atoms with E-state index in [1.54, 1.807) is 12.1 Å². The fraction of sp³-hybridized carbons (Fsp3) is 0.452. The minimum Gasteiger partial charge on any atom is -0.490 e. The van der Waals surface area contributed by atoms with Gasteiger partial charge in [0.1, 0.15) is 34.7 Å². The Balaban J connectivity index is 1.21. The molecule has 0 unspecified atom stereocenters.